The second kappa shape index (κ2) is 5.34. The Kier molecular flexibility index (Phi) is 3.59. The zero-order valence-electron chi connectivity index (χ0n) is 14.7. The SMILES string of the molecule is C[C@]12CC(=CO)C(=O)C[C@@H]1CC[C@@H]1[C@@H]2CC[C@]2(C)OC(=O)CC[C@@H]12. The number of ether oxygens (including phenoxy) is 1. The Hall–Kier alpha value is -1.32. The van der Waals surface area contributed by atoms with Crippen LogP contribution in [0.3, 0.4) is 0 Å². The van der Waals surface area contributed by atoms with E-state index in [4.69, 9.17) is 4.74 Å². The van der Waals surface area contributed by atoms with Crippen LogP contribution in [0.1, 0.15) is 65.2 Å². The molecule has 4 nitrogen and oxygen atoms in total. The summed E-state index contributed by atoms with van der Waals surface area (Å²) in [7, 11) is 0. The van der Waals surface area contributed by atoms with Crippen molar-refractivity contribution in [1.82, 2.24) is 0 Å². The third-order valence-electron chi connectivity index (χ3n) is 7.92. The summed E-state index contributed by atoms with van der Waals surface area (Å²) in [6, 6.07) is 0. The van der Waals surface area contributed by atoms with E-state index in [2.05, 4.69) is 13.8 Å². The molecule has 3 saturated carbocycles. The molecule has 0 aromatic rings. The highest BCUT2D eigenvalue weighted by molar-refractivity contribution is 5.96. The fraction of sp³-hybridized carbons (Fsp3) is 0.800. The monoisotopic (exact) mass is 332 g/mol. The van der Waals surface area contributed by atoms with Gasteiger partial charge in [-0.3, -0.25) is 9.59 Å². The minimum Gasteiger partial charge on any atom is -0.515 e. The predicted octanol–water partition coefficient (Wildman–Crippen LogP) is 3.95. The van der Waals surface area contributed by atoms with Gasteiger partial charge in [0.15, 0.2) is 5.78 Å². The molecule has 4 aliphatic rings. The van der Waals surface area contributed by atoms with E-state index < -0.39 is 0 Å². The fourth-order valence-corrected chi connectivity index (χ4v) is 6.64. The molecule has 0 aromatic heterocycles. The lowest BCUT2D eigenvalue weighted by atomic mass is 9.45. The van der Waals surface area contributed by atoms with Gasteiger partial charge in [-0.05, 0) is 68.6 Å². The van der Waals surface area contributed by atoms with Gasteiger partial charge in [0.1, 0.15) is 5.60 Å². The van der Waals surface area contributed by atoms with E-state index in [1.807, 2.05) is 0 Å². The van der Waals surface area contributed by atoms with Crippen molar-refractivity contribution >= 4 is 11.8 Å². The molecule has 3 aliphatic carbocycles. The maximum Gasteiger partial charge on any atom is 0.306 e. The van der Waals surface area contributed by atoms with Crippen LogP contribution < -0.4 is 0 Å². The van der Waals surface area contributed by atoms with Crippen molar-refractivity contribution in [3.8, 4) is 0 Å². The number of allylic oxidation sites excluding steroid dienone is 1. The molecular formula is C20H28O4. The van der Waals surface area contributed by atoms with Crippen LogP contribution in [0.2, 0.25) is 0 Å². The van der Waals surface area contributed by atoms with Crippen LogP contribution in [0.25, 0.3) is 0 Å². The van der Waals surface area contributed by atoms with E-state index in [1.165, 1.54) is 0 Å². The first-order valence-corrected chi connectivity index (χ1v) is 9.46. The third-order valence-corrected chi connectivity index (χ3v) is 7.92. The summed E-state index contributed by atoms with van der Waals surface area (Å²) in [4.78, 5) is 24.0. The number of aliphatic hydroxyl groups excluding tert-OH is 1. The molecule has 132 valence electrons. The lowest BCUT2D eigenvalue weighted by Gasteiger charge is -2.61. The minimum absolute atomic E-state index is 0.0409. The van der Waals surface area contributed by atoms with Crippen molar-refractivity contribution in [3.05, 3.63) is 11.8 Å². The molecule has 1 N–H and O–H groups in total. The molecule has 4 fully saturated rings. The maximum atomic E-state index is 12.2. The number of rotatable bonds is 0. The summed E-state index contributed by atoms with van der Waals surface area (Å²) in [5.74, 6) is 2.11. The number of Topliss-reactive ketones (excluding diaryl/α,β-unsaturated/α-hetero) is 1. The minimum atomic E-state index is -0.292. The Labute approximate surface area is 143 Å². The number of hydrogen-bond acceptors (Lipinski definition) is 4. The summed E-state index contributed by atoms with van der Waals surface area (Å²) in [5.41, 5.74) is 0.409. The largest absolute Gasteiger partial charge is 0.515 e. The van der Waals surface area contributed by atoms with E-state index in [9.17, 15) is 14.7 Å². The number of ketones is 1. The Balaban J connectivity index is 1.65. The standard InChI is InChI=1S/C20H28O4/c1-19-10-12(11-21)17(22)9-13(19)3-4-14-15(19)7-8-20(2)16(14)5-6-18(23)24-20/h11,13-16,21H,3-10H2,1-2H3/t13-,14+,15-,16-,19-,20-/m0/s1. The molecule has 4 rings (SSSR count). The van der Waals surface area contributed by atoms with Crippen LogP contribution in [0.5, 0.6) is 0 Å². The van der Waals surface area contributed by atoms with E-state index in [0.717, 1.165) is 38.4 Å². The normalized spacial score (nSPS) is 49.8. The van der Waals surface area contributed by atoms with Crippen LogP contribution in [0.15, 0.2) is 11.8 Å². The van der Waals surface area contributed by atoms with E-state index in [-0.39, 0.29) is 22.8 Å². The van der Waals surface area contributed by atoms with Gasteiger partial charge in [-0.2, -0.15) is 0 Å². The van der Waals surface area contributed by atoms with Gasteiger partial charge in [0.25, 0.3) is 0 Å². The van der Waals surface area contributed by atoms with E-state index >= 15 is 0 Å². The molecule has 0 spiro atoms. The second-order valence-electron chi connectivity index (χ2n) is 8.98. The molecule has 24 heavy (non-hydrogen) atoms. The summed E-state index contributed by atoms with van der Waals surface area (Å²) in [6.07, 6.45) is 8.05. The zero-order valence-corrected chi connectivity index (χ0v) is 14.7. The molecule has 0 unspecified atom stereocenters. The Morgan fingerprint density at radius 3 is 2.67 bits per heavy atom. The van der Waals surface area contributed by atoms with E-state index in [1.54, 1.807) is 0 Å². The molecule has 0 radical (unpaired) electrons. The average molecular weight is 332 g/mol. The molecule has 1 saturated heterocycles. The smallest absolute Gasteiger partial charge is 0.306 e. The zero-order chi connectivity index (χ0) is 17.1. The molecule has 6 atom stereocenters. The van der Waals surface area contributed by atoms with Crippen LogP contribution in [-0.4, -0.2) is 22.5 Å². The first kappa shape index (κ1) is 16.2. The number of fused-ring (bicyclic) bond motifs is 5. The van der Waals surface area contributed by atoms with Crippen LogP contribution in [0.4, 0.5) is 0 Å². The van der Waals surface area contributed by atoms with Crippen molar-refractivity contribution in [3.63, 3.8) is 0 Å². The highest BCUT2D eigenvalue weighted by Gasteiger charge is 2.59. The molecule has 0 aromatic carbocycles. The van der Waals surface area contributed by atoms with Crippen molar-refractivity contribution in [1.29, 1.82) is 0 Å². The number of carbonyl (C=O) groups excluding carboxylic acids is 2. The highest BCUT2D eigenvalue weighted by Crippen LogP contribution is 2.63. The molecule has 1 heterocycles. The third kappa shape index (κ3) is 2.18. The van der Waals surface area contributed by atoms with Crippen molar-refractivity contribution < 1.29 is 19.4 Å². The van der Waals surface area contributed by atoms with Gasteiger partial charge >= 0.3 is 5.97 Å². The average Bonchev–Trinajstić information content (AvgIpc) is 2.53. The van der Waals surface area contributed by atoms with Gasteiger partial charge in [-0.25, -0.2) is 0 Å². The molecule has 4 heteroatoms. The van der Waals surface area contributed by atoms with Gasteiger partial charge in [0.05, 0.1) is 6.26 Å². The molecule has 0 bridgehead atoms. The van der Waals surface area contributed by atoms with E-state index in [0.29, 0.717) is 48.5 Å². The van der Waals surface area contributed by atoms with Gasteiger partial charge in [0, 0.05) is 24.3 Å². The number of carbonyl (C=O) groups is 2. The Morgan fingerprint density at radius 1 is 1.12 bits per heavy atom. The lowest BCUT2D eigenvalue weighted by molar-refractivity contribution is -0.201. The first-order chi connectivity index (χ1) is 11.4. The van der Waals surface area contributed by atoms with Gasteiger partial charge in [-0.1, -0.05) is 6.92 Å². The lowest BCUT2D eigenvalue weighted by Crippen LogP contribution is -2.58. The molecule has 0 amide bonds. The quantitative estimate of drug-likeness (QED) is 0.414. The number of hydrogen-bond donors (Lipinski definition) is 1. The van der Waals surface area contributed by atoms with Gasteiger partial charge in [0.2, 0.25) is 0 Å². The van der Waals surface area contributed by atoms with Crippen LogP contribution in [0, 0.1) is 29.1 Å². The number of esters is 1. The van der Waals surface area contributed by atoms with Crippen molar-refractivity contribution in [2.24, 2.45) is 29.1 Å². The van der Waals surface area contributed by atoms with Crippen molar-refractivity contribution in [2.75, 3.05) is 0 Å². The summed E-state index contributed by atoms with van der Waals surface area (Å²) in [6.45, 7) is 4.46. The highest BCUT2D eigenvalue weighted by atomic mass is 16.6. The summed E-state index contributed by atoms with van der Waals surface area (Å²) >= 11 is 0. The summed E-state index contributed by atoms with van der Waals surface area (Å²) < 4.78 is 5.81. The molecule has 1 aliphatic heterocycles. The molecular weight excluding hydrogens is 304 g/mol. The topological polar surface area (TPSA) is 63.6 Å². The van der Waals surface area contributed by atoms with Crippen LogP contribution in [-0.2, 0) is 14.3 Å². The van der Waals surface area contributed by atoms with Gasteiger partial charge < -0.3 is 9.84 Å². The fourth-order valence-electron chi connectivity index (χ4n) is 6.64. The predicted molar refractivity (Wildman–Crippen MR) is 89.2 cm³/mol. The Bertz CT molecular complexity index is 609. The van der Waals surface area contributed by atoms with Crippen LogP contribution >= 0.6 is 0 Å². The Morgan fingerprint density at radius 2 is 1.92 bits per heavy atom. The van der Waals surface area contributed by atoms with Gasteiger partial charge in [-0.15, -0.1) is 0 Å². The first-order valence-electron chi connectivity index (χ1n) is 9.46. The maximum absolute atomic E-state index is 12.2. The van der Waals surface area contributed by atoms with Crippen molar-refractivity contribution in [2.45, 2.75) is 70.8 Å². The summed E-state index contributed by atoms with van der Waals surface area (Å²) in [5, 5.41) is 9.48. The number of aliphatic hydroxyl groups is 1. The second-order valence-corrected chi connectivity index (χ2v) is 8.98.